The molecule has 0 atom stereocenters. The predicted octanol–water partition coefficient (Wildman–Crippen LogP) is 2.26. The molecule has 9 heteroatoms. The van der Waals surface area contributed by atoms with Crippen LogP contribution in [0.2, 0.25) is 0 Å². The third-order valence-corrected chi connectivity index (χ3v) is 6.52. The zero-order chi connectivity index (χ0) is 19.8. The molecule has 27 heavy (non-hydrogen) atoms. The first-order chi connectivity index (χ1) is 12.6. The first kappa shape index (κ1) is 19.4. The van der Waals surface area contributed by atoms with Crippen molar-refractivity contribution in [2.45, 2.75) is 23.3 Å². The highest BCUT2D eigenvalue weighted by Gasteiger charge is 2.18. The zero-order valence-electron chi connectivity index (χ0n) is 15.3. The molecule has 0 bridgehead atoms. The van der Waals surface area contributed by atoms with Gasteiger partial charge in [-0.15, -0.1) is 0 Å². The van der Waals surface area contributed by atoms with E-state index in [4.69, 9.17) is 0 Å². The molecule has 0 amide bonds. The lowest BCUT2D eigenvalue weighted by molar-refractivity contribution is 0.600. The van der Waals surface area contributed by atoms with Gasteiger partial charge in [0, 0.05) is 25.6 Å². The summed E-state index contributed by atoms with van der Waals surface area (Å²) < 4.78 is 49.7. The van der Waals surface area contributed by atoms with Crippen LogP contribution in [0.25, 0.3) is 11.0 Å². The van der Waals surface area contributed by atoms with Crippen LogP contribution in [0.4, 0.5) is 5.69 Å². The van der Waals surface area contributed by atoms with Gasteiger partial charge in [-0.3, -0.25) is 0 Å². The van der Waals surface area contributed by atoms with Crippen molar-refractivity contribution in [1.82, 2.24) is 9.55 Å². The molecule has 2 aromatic carbocycles. The first-order valence-corrected chi connectivity index (χ1v) is 12.1. The minimum absolute atomic E-state index is 0.0232. The Balaban J connectivity index is 1.86. The zero-order valence-corrected chi connectivity index (χ0v) is 16.9. The van der Waals surface area contributed by atoms with Crippen molar-refractivity contribution in [2.24, 2.45) is 0 Å². The van der Waals surface area contributed by atoms with Gasteiger partial charge in [0.05, 0.1) is 26.5 Å². The fraction of sp³-hybridized carbons (Fsp3) is 0.278. The summed E-state index contributed by atoms with van der Waals surface area (Å²) in [5.41, 5.74) is 2.30. The molecule has 0 aliphatic rings. The Bertz CT molecular complexity index is 1210. The summed E-state index contributed by atoms with van der Waals surface area (Å²) in [4.78, 5) is 4.45. The van der Waals surface area contributed by atoms with Gasteiger partial charge in [-0.2, -0.15) is 0 Å². The first-order valence-electron chi connectivity index (χ1n) is 8.27. The average Bonchev–Trinajstić information content (AvgIpc) is 2.89. The predicted molar refractivity (Wildman–Crippen MR) is 106 cm³/mol. The normalized spacial score (nSPS) is 12.4. The summed E-state index contributed by atoms with van der Waals surface area (Å²) in [6, 6.07) is 11.9. The van der Waals surface area contributed by atoms with Crippen molar-refractivity contribution in [3.8, 4) is 0 Å². The van der Waals surface area contributed by atoms with Crippen molar-refractivity contribution in [3.05, 3.63) is 48.3 Å². The van der Waals surface area contributed by atoms with Gasteiger partial charge in [-0.05, 0) is 37.3 Å². The average molecular weight is 408 g/mol. The van der Waals surface area contributed by atoms with Crippen LogP contribution in [0.15, 0.2) is 52.3 Å². The molecule has 144 valence electrons. The van der Waals surface area contributed by atoms with Crippen LogP contribution in [0.3, 0.4) is 0 Å². The van der Waals surface area contributed by atoms with E-state index in [1.165, 1.54) is 18.2 Å². The minimum Gasteiger partial charge on any atom is -0.382 e. The Labute approximate surface area is 158 Å². The van der Waals surface area contributed by atoms with E-state index in [1.54, 1.807) is 0 Å². The lowest BCUT2D eigenvalue weighted by atomic mass is 10.3. The fourth-order valence-corrected chi connectivity index (χ4v) is 4.57. The molecule has 0 radical (unpaired) electrons. The van der Waals surface area contributed by atoms with Gasteiger partial charge >= 0.3 is 0 Å². The Kier molecular flexibility index (Phi) is 5.00. The van der Waals surface area contributed by atoms with E-state index in [1.807, 2.05) is 35.8 Å². The summed E-state index contributed by atoms with van der Waals surface area (Å²) in [6.45, 7) is 2.97. The van der Waals surface area contributed by atoms with Gasteiger partial charge in [-0.25, -0.2) is 21.8 Å². The number of hydrogen-bond acceptors (Lipinski definition) is 6. The molecule has 3 rings (SSSR count). The van der Waals surface area contributed by atoms with E-state index in [0.29, 0.717) is 18.8 Å². The van der Waals surface area contributed by atoms with Gasteiger partial charge in [0.2, 0.25) is 0 Å². The number of hydrogen-bond donors (Lipinski definition) is 1. The second kappa shape index (κ2) is 6.97. The van der Waals surface area contributed by atoms with Crippen molar-refractivity contribution in [2.75, 3.05) is 24.4 Å². The Morgan fingerprint density at radius 3 is 2.37 bits per heavy atom. The number of rotatable bonds is 6. The van der Waals surface area contributed by atoms with E-state index in [9.17, 15) is 16.8 Å². The number of para-hydroxylation sites is 2. The van der Waals surface area contributed by atoms with E-state index in [-0.39, 0.29) is 9.79 Å². The molecule has 1 aromatic heterocycles. The highest BCUT2D eigenvalue weighted by atomic mass is 32.2. The maximum absolute atomic E-state index is 12.1. The molecule has 0 fully saturated rings. The molecule has 1 heterocycles. The minimum atomic E-state index is -3.59. The van der Waals surface area contributed by atoms with Crippen LogP contribution in [-0.2, 0) is 26.2 Å². The maximum Gasteiger partial charge on any atom is 0.177 e. The Morgan fingerprint density at radius 1 is 1.00 bits per heavy atom. The van der Waals surface area contributed by atoms with Crippen LogP contribution >= 0.6 is 0 Å². The standard InChI is InChI=1S/C18H21N3O4S2/c1-13-20-15-6-4-5-7-17(15)21(13)11-10-19-16-9-8-14(26(2,22)23)12-18(16)27(3,24)25/h4-9,12,19H,10-11H2,1-3H3. The van der Waals surface area contributed by atoms with Crippen LogP contribution in [0.1, 0.15) is 5.82 Å². The van der Waals surface area contributed by atoms with Crippen molar-refractivity contribution < 1.29 is 16.8 Å². The van der Waals surface area contributed by atoms with Crippen molar-refractivity contribution >= 4 is 36.4 Å². The largest absolute Gasteiger partial charge is 0.382 e. The molecule has 1 N–H and O–H groups in total. The SMILES string of the molecule is Cc1nc2ccccc2n1CCNc1ccc(S(C)(=O)=O)cc1S(C)(=O)=O. The van der Waals surface area contributed by atoms with Crippen LogP contribution < -0.4 is 5.32 Å². The van der Waals surface area contributed by atoms with E-state index in [0.717, 1.165) is 29.4 Å². The number of nitrogens with zero attached hydrogens (tertiary/aromatic N) is 2. The van der Waals surface area contributed by atoms with Crippen molar-refractivity contribution in [1.29, 1.82) is 0 Å². The topological polar surface area (TPSA) is 98.1 Å². The molecule has 7 nitrogen and oxygen atoms in total. The summed E-state index contributed by atoms with van der Waals surface area (Å²) in [5.74, 6) is 0.869. The molecule has 0 saturated carbocycles. The Morgan fingerprint density at radius 2 is 1.70 bits per heavy atom. The number of sulfone groups is 2. The monoisotopic (exact) mass is 407 g/mol. The molecule has 0 aliphatic carbocycles. The smallest absolute Gasteiger partial charge is 0.177 e. The van der Waals surface area contributed by atoms with Gasteiger partial charge in [0.15, 0.2) is 19.7 Å². The van der Waals surface area contributed by atoms with Crippen molar-refractivity contribution in [3.63, 3.8) is 0 Å². The summed E-state index contributed by atoms with van der Waals surface area (Å²) >= 11 is 0. The second-order valence-electron chi connectivity index (χ2n) is 6.43. The molecular formula is C18H21N3O4S2. The number of aryl methyl sites for hydroxylation is 1. The van der Waals surface area contributed by atoms with Gasteiger partial charge in [0.25, 0.3) is 0 Å². The number of fused-ring (bicyclic) bond motifs is 1. The highest BCUT2D eigenvalue weighted by molar-refractivity contribution is 7.91. The van der Waals surface area contributed by atoms with Gasteiger partial charge in [-0.1, -0.05) is 12.1 Å². The van der Waals surface area contributed by atoms with E-state index in [2.05, 4.69) is 10.3 Å². The number of anilines is 1. The molecule has 0 spiro atoms. The van der Waals surface area contributed by atoms with Crippen LogP contribution in [0, 0.1) is 6.92 Å². The number of aromatic nitrogens is 2. The fourth-order valence-electron chi connectivity index (χ4n) is 2.97. The summed E-state index contributed by atoms with van der Waals surface area (Å²) in [5, 5.41) is 3.11. The number of nitrogens with one attached hydrogen (secondary N) is 1. The molecule has 0 unspecified atom stereocenters. The highest BCUT2D eigenvalue weighted by Crippen LogP contribution is 2.25. The maximum atomic E-state index is 12.1. The van der Waals surface area contributed by atoms with Gasteiger partial charge < -0.3 is 9.88 Å². The lowest BCUT2D eigenvalue weighted by Gasteiger charge is -2.13. The van der Waals surface area contributed by atoms with Crippen LogP contribution in [0.5, 0.6) is 0 Å². The summed E-state index contributed by atoms with van der Waals surface area (Å²) in [7, 11) is -7.08. The lowest BCUT2D eigenvalue weighted by Crippen LogP contribution is -2.14. The third kappa shape index (κ3) is 4.14. The molecule has 3 aromatic rings. The van der Waals surface area contributed by atoms with E-state index >= 15 is 0 Å². The quantitative estimate of drug-likeness (QED) is 0.673. The summed E-state index contributed by atoms with van der Waals surface area (Å²) in [6.07, 6.45) is 2.11. The second-order valence-corrected chi connectivity index (χ2v) is 10.4. The Hall–Kier alpha value is -2.39. The number of imidazole rings is 1. The number of benzene rings is 2. The molecular weight excluding hydrogens is 386 g/mol. The van der Waals surface area contributed by atoms with E-state index < -0.39 is 19.7 Å². The molecule has 0 saturated heterocycles. The van der Waals surface area contributed by atoms with Gasteiger partial charge in [0.1, 0.15) is 5.82 Å². The molecule has 0 aliphatic heterocycles. The van der Waals surface area contributed by atoms with Crippen LogP contribution in [-0.4, -0.2) is 45.4 Å². The third-order valence-electron chi connectivity index (χ3n) is 4.28.